The Bertz CT molecular complexity index is 736. The van der Waals surface area contributed by atoms with E-state index in [4.69, 9.17) is 9.47 Å². The fourth-order valence-electron chi connectivity index (χ4n) is 4.06. The van der Waals surface area contributed by atoms with Crippen LogP contribution in [0.15, 0.2) is 18.2 Å². The zero-order valence-corrected chi connectivity index (χ0v) is 18.7. The van der Waals surface area contributed by atoms with E-state index in [1.165, 1.54) is 11.8 Å². The molecule has 0 bridgehead atoms. The lowest BCUT2D eigenvalue weighted by molar-refractivity contribution is 0.152. The van der Waals surface area contributed by atoms with Crippen molar-refractivity contribution in [2.45, 2.75) is 39.2 Å². The summed E-state index contributed by atoms with van der Waals surface area (Å²) < 4.78 is 36.3. The van der Waals surface area contributed by atoms with Gasteiger partial charge in [-0.05, 0) is 56.3 Å². The van der Waals surface area contributed by atoms with E-state index in [1.807, 2.05) is 6.07 Å². The molecule has 2 aliphatic heterocycles. The average Bonchev–Trinajstić information content (AvgIpc) is 2.65. The number of hydrogen-bond acceptors (Lipinski definition) is 5. The third-order valence-electron chi connectivity index (χ3n) is 5.70. The standard InChI is InChI=1S/C20H32N2O4S.ClH/c1-4-21(15-17-7-9-22(10-8-17)27(3,23)24)16(2)13-18-5-6-19-20(14-18)26-12-11-25-19;/h5-6,14,16-17H,4,7-13,15H2,1-3H3;1H/t16-;/m0./s1. The van der Waals surface area contributed by atoms with Crippen molar-refractivity contribution in [3.63, 3.8) is 0 Å². The van der Waals surface area contributed by atoms with Gasteiger partial charge in [0.1, 0.15) is 13.2 Å². The zero-order chi connectivity index (χ0) is 19.4. The van der Waals surface area contributed by atoms with Crippen molar-refractivity contribution in [3.8, 4) is 11.5 Å². The lowest BCUT2D eigenvalue weighted by Gasteiger charge is -2.36. The molecule has 0 unspecified atom stereocenters. The van der Waals surface area contributed by atoms with E-state index in [0.717, 1.165) is 43.9 Å². The van der Waals surface area contributed by atoms with Gasteiger partial charge < -0.3 is 14.4 Å². The van der Waals surface area contributed by atoms with Gasteiger partial charge in [-0.15, -0.1) is 12.4 Å². The molecule has 0 saturated carbocycles. The highest BCUT2D eigenvalue weighted by Gasteiger charge is 2.27. The molecule has 0 aliphatic carbocycles. The molecule has 2 heterocycles. The predicted octanol–water partition coefficient (Wildman–Crippen LogP) is 2.80. The molecule has 0 aromatic heterocycles. The first-order chi connectivity index (χ1) is 12.9. The minimum atomic E-state index is -3.05. The quantitative estimate of drug-likeness (QED) is 0.663. The number of halogens is 1. The van der Waals surface area contributed by atoms with Gasteiger partial charge in [0.05, 0.1) is 6.26 Å². The molecule has 1 fully saturated rings. The Morgan fingerprint density at radius 2 is 1.82 bits per heavy atom. The second kappa shape index (κ2) is 10.1. The van der Waals surface area contributed by atoms with E-state index in [1.54, 1.807) is 4.31 Å². The van der Waals surface area contributed by atoms with Crippen LogP contribution in [-0.2, 0) is 16.4 Å². The second-order valence-corrected chi connectivity index (χ2v) is 9.71. The molecule has 1 atom stereocenters. The van der Waals surface area contributed by atoms with Crippen LogP contribution in [0.3, 0.4) is 0 Å². The first-order valence-electron chi connectivity index (χ1n) is 9.94. The number of fused-ring (bicyclic) bond motifs is 1. The molecule has 0 radical (unpaired) electrons. The van der Waals surface area contributed by atoms with E-state index in [-0.39, 0.29) is 12.4 Å². The highest BCUT2D eigenvalue weighted by atomic mass is 35.5. The van der Waals surface area contributed by atoms with Crippen LogP contribution < -0.4 is 9.47 Å². The Kier molecular flexibility index (Phi) is 8.43. The summed E-state index contributed by atoms with van der Waals surface area (Å²) in [6.07, 6.45) is 4.16. The smallest absolute Gasteiger partial charge is 0.211 e. The molecule has 0 N–H and O–H groups in total. The van der Waals surface area contributed by atoms with Crippen molar-refractivity contribution >= 4 is 22.4 Å². The van der Waals surface area contributed by atoms with Crippen molar-refractivity contribution in [1.29, 1.82) is 0 Å². The average molecular weight is 433 g/mol. The summed E-state index contributed by atoms with van der Waals surface area (Å²) in [5.74, 6) is 2.25. The Balaban J connectivity index is 0.00000280. The van der Waals surface area contributed by atoms with Gasteiger partial charge in [0, 0.05) is 25.7 Å². The lowest BCUT2D eigenvalue weighted by Crippen LogP contribution is -2.43. The minimum Gasteiger partial charge on any atom is -0.486 e. The van der Waals surface area contributed by atoms with Gasteiger partial charge in [-0.25, -0.2) is 12.7 Å². The van der Waals surface area contributed by atoms with Crippen LogP contribution in [-0.4, -0.2) is 69.3 Å². The van der Waals surface area contributed by atoms with Gasteiger partial charge in [-0.2, -0.15) is 0 Å². The first kappa shape index (κ1) is 23.3. The largest absolute Gasteiger partial charge is 0.486 e. The van der Waals surface area contributed by atoms with Crippen molar-refractivity contribution in [2.24, 2.45) is 5.92 Å². The highest BCUT2D eigenvalue weighted by molar-refractivity contribution is 7.88. The van der Waals surface area contributed by atoms with Gasteiger partial charge in [0.2, 0.25) is 10.0 Å². The Morgan fingerprint density at radius 1 is 1.18 bits per heavy atom. The summed E-state index contributed by atoms with van der Waals surface area (Å²) in [5.41, 5.74) is 1.26. The topological polar surface area (TPSA) is 59.1 Å². The van der Waals surface area contributed by atoms with E-state index >= 15 is 0 Å². The minimum absolute atomic E-state index is 0. The van der Waals surface area contributed by atoms with Gasteiger partial charge in [-0.3, -0.25) is 0 Å². The van der Waals surface area contributed by atoms with E-state index < -0.39 is 10.0 Å². The Morgan fingerprint density at radius 3 is 2.43 bits per heavy atom. The van der Waals surface area contributed by atoms with Crippen LogP contribution in [0.5, 0.6) is 11.5 Å². The summed E-state index contributed by atoms with van der Waals surface area (Å²) in [4.78, 5) is 2.51. The predicted molar refractivity (Wildman–Crippen MR) is 114 cm³/mol. The van der Waals surface area contributed by atoms with Gasteiger partial charge in [-0.1, -0.05) is 13.0 Å². The van der Waals surface area contributed by atoms with Crippen molar-refractivity contribution in [1.82, 2.24) is 9.21 Å². The fraction of sp³-hybridized carbons (Fsp3) is 0.700. The van der Waals surface area contributed by atoms with Crippen LogP contribution >= 0.6 is 12.4 Å². The molecule has 6 nitrogen and oxygen atoms in total. The monoisotopic (exact) mass is 432 g/mol. The number of rotatable bonds is 7. The lowest BCUT2D eigenvalue weighted by atomic mass is 9.96. The third kappa shape index (κ3) is 5.99. The fourth-order valence-corrected chi connectivity index (χ4v) is 4.93. The molecular weight excluding hydrogens is 400 g/mol. The maximum absolute atomic E-state index is 11.7. The van der Waals surface area contributed by atoms with Crippen molar-refractivity contribution < 1.29 is 17.9 Å². The summed E-state index contributed by atoms with van der Waals surface area (Å²) >= 11 is 0. The second-order valence-electron chi connectivity index (χ2n) is 7.72. The maximum atomic E-state index is 11.7. The third-order valence-corrected chi connectivity index (χ3v) is 7.01. The van der Waals surface area contributed by atoms with Gasteiger partial charge in [0.15, 0.2) is 11.5 Å². The molecule has 1 saturated heterocycles. The van der Waals surface area contributed by atoms with Gasteiger partial charge in [0.25, 0.3) is 0 Å². The summed E-state index contributed by atoms with van der Waals surface area (Å²) in [6, 6.07) is 6.66. The van der Waals surface area contributed by atoms with Crippen molar-refractivity contribution in [3.05, 3.63) is 23.8 Å². The Labute approximate surface area is 175 Å². The molecule has 1 aromatic rings. The molecule has 8 heteroatoms. The van der Waals surface area contributed by atoms with E-state index in [9.17, 15) is 8.42 Å². The number of sulfonamides is 1. The van der Waals surface area contributed by atoms with E-state index in [2.05, 4.69) is 30.9 Å². The molecule has 28 heavy (non-hydrogen) atoms. The number of benzene rings is 1. The number of hydrogen-bond donors (Lipinski definition) is 0. The highest BCUT2D eigenvalue weighted by Crippen LogP contribution is 2.31. The SMILES string of the molecule is CCN(CC1CCN(S(C)(=O)=O)CC1)[C@@H](C)Cc1ccc2c(c1)OCCO2.Cl. The van der Waals surface area contributed by atoms with Crippen LogP contribution in [0.2, 0.25) is 0 Å². The summed E-state index contributed by atoms with van der Waals surface area (Å²) in [7, 11) is -3.05. The summed E-state index contributed by atoms with van der Waals surface area (Å²) in [5, 5.41) is 0. The number of likely N-dealkylation sites (N-methyl/N-ethyl adjacent to an activating group) is 1. The van der Waals surface area contributed by atoms with Crippen LogP contribution in [0.1, 0.15) is 32.3 Å². The van der Waals surface area contributed by atoms with Crippen LogP contribution in [0.4, 0.5) is 0 Å². The number of nitrogens with zero attached hydrogens (tertiary/aromatic N) is 2. The molecule has 3 rings (SSSR count). The molecular formula is C20H33ClN2O4S. The van der Waals surface area contributed by atoms with E-state index in [0.29, 0.717) is 38.3 Å². The molecule has 160 valence electrons. The zero-order valence-electron chi connectivity index (χ0n) is 17.1. The summed E-state index contributed by atoms with van der Waals surface area (Å²) in [6.45, 7) is 9.02. The number of piperidine rings is 1. The number of ether oxygens (including phenoxy) is 2. The van der Waals surface area contributed by atoms with Crippen LogP contribution in [0.25, 0.3) is 0 Å². The van der Waals surface area contributed by atoms with Gasteiger partial charge >= 0.3 is 0 Å². The first-order valence-corrected chi connectivity index (χ1v) is 11.8. The molecule has 1 aromatic carbocycles. The molecule has 0 amide bonds. The van der Waals surface area contributed by atoms with Crippen LogP contribution in [0, 0.1) is 5.92 Å². The molecule has 2 aliphatic rings. The normalized spacial score (nSPS) is 19.3. The Hall–Kier alpha value is -1.02. The van der Waals surface area contributed by atoms with Crippen molar-refractivity contribution in [2.75, 3.05) is 45.6 Å². The maximum Gasteiger partial charge on any atom is 0.211 e. The molecule has 0 spiro atoms.